The van der Waals surface area contributed by atoms with Crippen molar-refractivity contribution in [3.63, 3.8) is 0 Å². The lowest BCUT2D eigenvalue weighted by Gasteiger charge is -2.02. The Morgan fingerprint density at radius 1 is 1.35 bits per heavy atom. The van der Waals surface area contributed by atoms with Crippen LogP contribution in [-0.2, 0) is 6.42 Å². The Morgan fingerprint density at radius 2 is 2.15 bits per heavy atom. The number of amides is 1. The topological polar surface area (TPSA) is 92.2 Å². The van der Waals surface area contributed by atoms with Gasteiger partial charge in [0.15, 0.2) is 5.69 Å². The van der Waals surface area contributed by atoms with E-state index in [1.54, 1.807) is 0 Å². The molecule has 0 saturated heterocycles. The summed E-state index contributed by atoms with van der Waals surface area (Å²) in [6.07, 6.45) is 1.39. The summed E-state index contributed by atoms with van der Waals surface area (Å²) >= 11 is 1.22. The van der Waals surface area contributed by atoms with Crippen molar-refractivity contribution in [3.8, 4) is 0 Å². The maximum absolute atomic E-state index is 12.6. The number of pyridine rings is 1. The highest BCUT2D eigenvalue weighted by Crippen LogP contribution is 2.10. The molecule has 2 heterocycles. The van der Waals surface area contributed by atoms with Crippen LogP contribution in [0.25, 0.3) is 0 Å². The van der Waals surface area contributed by atoms with Crippen molar-refractivity contribution in [1.29, 1.82) is 0 Å². The molecule has 2 aromatic heterocycles. The first-order chi connectivity index (χ1) is 9.56. The number of halogens is 1. The molecule has 8 heteroatoms. The monoisotopic (exact) mass is 295 g/mol. The number of carbonyl (C=O) groups is 2. The second-order valence-corrected chi connectivity index (χ2v) is 4.74. The molecule has 0 aromatic carbocycles. The molecule has 6 nitrogen and oxygen atoms in total. The fourth-order valence-electron chi connectivity index (χ4n) is 1.41. The van der Waals surface area contributed by atoms with Crippen molar-refractivity contribution in [2.75, 3.05) is 6.54 Å². The molecule has 1 amide bonds. The average molecular weight is 295 g/mol. The maximum atomic E-state index is 12.6. The fourth-order valence-corrected chi connectivity index (χ4v) is 2.18. The van der Waals surface area contributed by atoms with Crippen LogP contribution >= 0.6 is 11.3 Å². The largest absolute Gasteiger partial charge is 0.476 e. The van der Waals surface area contributed by atoms with Gasteiger partial charge in [-0.1, -0.05) is 0 Å². The minimum absolute atomic E-state index is 0.00322. The van der Waals surface area contributed by atoms with Gasteiger partial charge in [0.25, 0.3) is 5.91 Å². The number of aromatic nitrogens is 2. The summed E-state index contributed by atoms with van der Waals surface area (Å²) in [4.78, 5) is 29.8. The van der Waals surface area contributed by atoms with Crippen LogP contribution in [0.1, 0.15) is 26.0 Å². The zero-order chi connectivity index (χ0) is 14.5. The van der Waals surface area contributed by atoms with E-state index in [-0.39, 0.29) is 11.4 Å². The van der Waals surface area contributed by atoms with Crippen LogP contribution in [0.2, 0.25) is 0 Å². The van der Waals surface area contributed by atoms with Gasteiger partial charge in [0.1, 0.15) is 11.5 Å². The van der Waals surface area contributed by atoms with Crippen LogP contribution in [0.4, 0.5) is 4.39 Å². The lowest BCUT2D eigenvalue weighted by molar-refractivity contribution is 0.0690. The van der Waals surface area contributed by atoms with E-state index in [0.29, 0.717) is 18.0 Å². The van der Waals surface area contributed by atoms with E-state index in [9.17, 15) is 14.0 Å². The van der Waals surface area contributed by atoms with Gasteiger partial charge in [0.2, 0.25) is 0 Å². The van der Waals surface area contributed by atoms with Gasteiger partial charge in [0.05, 0.1) is 11.2 Å². The van der Waals surface area contributed by atoms with Crippen LogP contribution < -0.4 is 5.32 Å². The van der Waals surface area contributed by atoms with E-state index in [0.717, 1.165) is 12.3 Å². The van der Waals surface area contributed by atoms with Crippen molar-refractivity contribution < 1.29 is 19.1 Å². The van der Waals surface area contributed by atoms with Gasteiger partial charge in [-0.15, -0.1) is 11.3 Å². The molecular weight excluding hydrogens is 285 g/mol. The van der Waals surface area contributed by atoms with Gasteiger partial charge < -0.3 is 10.4 Å². The highest BCUT2D eigenvalue weighted by atomic mass is 32.1. The first kappa shape index (κ1) is 14.1. The zero-order valence-corrected chi connectivity index (χ0v) is 11.0. The van der Waals surface area contributed by atoms with E-state index < -0.39 is 17.7 Å². The Balaban J connectivity index is 1.84. The molecule has 0 unspecified atom stereocenters. The number of aromatic carboxylic acids is 1. The minimum Gasteiger partial charge on any atom is -0.476 e. The average Bonchev–Trinajstić information content (AvgIpc) is 2.88. The van der Waals surface area contributed by atoms with Gasteiger partial charge in [-0.25, -0.2) is 19.2 Å². The van der Waals surface area contributed by atoms with E-state index >= 15 is 0 Å². The summed E-state index contributed by atoms with van der Waals surface area (Å²) < 4.78 is 12.6. The molecule has 20 heavy (non-hydrogen) atoms. The number of carbonyl (C=O) groups excluding carboxylic acids is 1. The van der Waals surface area contributed by atoms with Crippen LogP contribution in [0.15, 0.2) is 23.7 Å². The predicted octanol–water partition coefficient (Wildman–Crippen LogP) is 1.35. The molecule has 2 aromatic rings. The number of hydrogen-bond acceptors (Lipinski definition) is 5. The second-order valence-electron chi connectivity index (χ2n) is 3.80. The van der Waals surface area contributed by atoms with E-state index in [4.69, 9.17) is 5.11 Å². The third-order valence-corrected chi connectivity index (χ3v) is 3.26. The zero-order valence-electron chi connectivity index (χ0n) is 10.2. The number of nitrogens with one attached hydrogen (secondary N) is 1. The van der Waals surface area contributed by atoms with Crippen molar-refractivity contribution in [2.45, 2.75) is 6.42 Å². The molecule has 0 fully saturated rings. The molecule has 2 N–H and O–H groups in total. The van der Waals surface area contributed by atoms with Gasteiger partial charge in [-0.05, 0) is 12.1 Å². The van der Waals surface area contributed by atoms with Crippen molar-refractivity contribution >= 4 is 23.2 Å². The molecule has 0 aliphatic carbocycles. The predicted molar refractivity (Wildman–Crippen MR) is 69.3 cm³/mol. The maximum Gasteiger partial charge on any atom is 0.355 e. The van der Waals surface area contributed by atoms with Gasteiger partial charge in [0, 0.05) is 18.3 Å². The number of thiazole rings is 1. The molecule has 0 atom stereocenters. The number of carboxylic acids is 1. The van der Waals surface area contributed by atoms with Gasteiger partial charge >= 0.3 is 5.97 Å². The quantitative estimate of drug-likeness (QED) is 0.868. The molecule has 0 radical (unpaired) electrons. The van der Waals surface area contributed by atoms with Crippen molar-refractivity contribution in [3.05, 3.63) is 45.9 Å². The van der Waals surface area contributed by atoms with E-state index in [1.807, 2.05) is 0 Å². The number of carboxylic acid groups (broad SMARTS) is 1. The van der Waals surface area contributed by atoms with Crippen LogP contribution in [-0.4, -0.2) is 33.5 Å². The van der Waals surface area contributed by atoms with E-state index in [1.165, 1.54) is 22.8 Å². The minimum atomic E-state index is -1.08. The molecule has 0 aliphatic rings. The fraction of sp³-hybridized carbons (Fsp3) is 0.167. The normalized spacial score (nSPS) is 10.2. The molecule has 0 saturated carbocycles. The molecule has 0 aliphatic heterocycles. The number of nitrogens with zero attached hydrogens (tertiary/aromatic N) is 2. The van der Waals surface area contributed by atoms with Gasteiger partial charge in [-0.2, -0.15) is 0 Å². The van der Waals surface area contributed by atoms with Crippen LogP contribution in [0.5, 0.6) is 0 Å². The Hall–Kier alpha value is -2.35. The first-order valence-electron chi connectivity index (χ1n) is 5.63. The van der Waals surface area contributed by atoms with Crippen molar-refractivity contribution in [2.24, 2.45) is 0 Å². The summed E-state index contributed by atoms with van der Waals surface area (Å²) in [5.41, 5.74) is 0.119. The molecular formula is C12H10FN3O3S. The Bertz CT molecular complexity index is 627. The lowest BCUT2D eigenvalue weighted by atomic mass is 10.3. The summed E-state index contributed by atoms with van der Waals surface area (Å²) in [6, 6.07) is 2.44. The SMILES string of the molecule is O=C(O)c1csc(CCNC(=O)c2ccc(F)cn2)n1. The first-order valence-corrected chi connectivity index (χ1v) is 6.51. The summed E-state index contributed by atoms with van der Waals surface area (Å²) in [5.74, 6) is -2.00. The van der Waals surface area contributed by atoms with Crippen LogP contribution in [0, 0.1) is 5.82 Å². The Morgan fingerprint density at radius 3 is 2.75 bits per heavy atom. The van der Waals surface area contributed by atoms with E-state index in [2.05, 4.69) is 15.3 Å². The molecule has 2 rings (SSSR count). The van der Waals surface area contributed by atoms with Crippen LogP contribution in [0.3, 0.4) is 0 Å². The standard InChI is InChI=1S/C12H10FN3O3S/c13-7-1-2-8(15-5-7)11(17)14-4-3-10-16-9(6-20-10)12(18)19/h1-2,5-6H,3-4H2,(H,14,17)(H,18,19). The third kappa shape index (κ3) is 3.58. The number of rotatable bonds is 5. The highest BCUT2D eigenvalue weighted by molar-refractivity contribution is 7.09. The molecule has 0 spiro atoms. The third-order valence-electron chi connectivity index (χ3n) is 2.36. The highest BCUT2D eigenvalue weighted by Gasteiger charge is 2.10. The lowest BCUT2D eigenvalue weighted by Crippen LogP contribution is -2.26. The molecule has 0 bridgehead atoms. The van der Waals surface area contributed by atoms with Crippen molar-refractivity contribution in [1.82, 2.24) is 15.3 Å². The summed E-state index contributed by atoms with van der Waals surface area (Å²) in [7, 11) is 0. The molecule has 104 valence electrons. The summed E-state index contributed by atoms with van der Waals surface area (Å²) in [6.45, 7) is 0.296. The summed E-state index contributed by atoms with van der Waals surface area (Å²) in [5, 5.41) is 13.4. The van der Waals surface area contributed by atoms with Gasteiger partial charge in [-0.3, -0.25) is 4.79 Å². The smallest absolute Gasteiger partial charge is 0.355 e. The Kier molecular flexibility index (Phi) is 4.36. The Labute approximate surface area is 117 Å². The second kappa shape index (κ2) is 6.20. The number of hydrogen-bond donors (Lipinski definition) is 2.